The van der Waals surface area contributed by atoms with E-state index in [4.69, 9.17) is 4.52 Å². The topological polar surface area (TPSA) is 55.9 Å². The van der Waals surface area contributed by atoms with Gasteiger partial charge in [-0.2, -0.15) is 5.10 Å². The first-order valence-electron chi connectivity index (χ1n) is 5.79. The number of rotatable bonds is 5. The summed E-state index contributed by atoms with van der Waals surface area (Å²) >= 11 is 0. The van der Waals surface area contributed by atoms with Crippen molar-refractivity contribution in [1.29, 1.82) is 0 Å². The summed E-state index contributed by atoms with van der Waals surface area (Å²) in [7, 11) is 1.95. The second-order valence-corrected chi connectivity index (χ2v) is 4.46. The van der Waals surface area contributed by atoms with Crippen molar-refractivity contribution in [3.05, 3.63) is 35.5 Å². The van der Waals surface area contributed by atoms with Crippen LogP contribution in [0.15, 0.2) is 23.0 Å². The largest absolute Gasteiger partial charge is 0.364 e. The number of aromatic nitrogens is 3. The summed E-state index contributed by atoms with van der Waals surface area (Å²) in [5.41, 5.74) is 3.31. The zero-order valence-electron chi connectivity index (χ0n) is 10.5. The van der Waals surface area contributed by atoms with E-state index < -0.39 is 0 Å². The molecule has 1 N–H and O–H groups in total. The van der Waals surface area contributed by atoms with Crippen molar-refractivity contribution in [2.75, 3.05) is 0 Å². The van der Waals surface area contributed by atoms with Crippen LogP contribution < -0.4 is 5.32 Å². The molecule has 5 heteroatoms. The van der Waals surface area contributed by atoms with Gasteiger partial charge >= 0.3 is 0 Å². The third-order valence-electron chi connectivity index (χ3n) is 2.60. The van der Waals surface area contributed by atoms with Crippen LogP contribution >= 0.6 is 0 Å². The van der Waals surface area contributed by atoms with E-state index in [0.717, 1.165) is 17.9 Å². The van der Waals surface area contributed by atoms with Gasteiger partial charge in [0.15, 0.2) is 0 Å². The van der Waals surface area contributed by atoms with E-state index in [0.29, 0.717) is 12.5 Å². The van der Waals surface area contributed by atoms with E-state index in [1.165, 1.54) is 5.56 Å². The molecule has 5 nitrogen and oxygen atoms in total. The lowest BCUT2D eigenvalue weighted by atomic mass is 10.1. The molecule has 0 fully saturated rings. The number of hydrogen-bond donors (Lipinski definition) is 1. The minimum absolute atomic E-state index is 0.444. The molecule has 0 aliphatic rings. The van der Waals surface area contributed by atoms with Crippen molar-refractivity contribution in [2.45, 2.75) is 32.9 Å². The molecule has 92 valence electrons. The summed E-state index contributed by atoms with van der Waals surface area (Å²) in [6.45, 7) is 5.82. The lowest BCUT2D eigenvalue weighted by Crippen LogP contribution is -2.13. The van der Waals surface area contributed by atoms with Gasteiger partial charge in [0.2, 0.25) is 0 Å². The van der Waals surface area contributed by atoms with E-state index in [1.54, 1.807) is 6.26 Å². The van der Waals surface area contributed by atoms with Crippen molar-refractivity contribution < 1.29 is 4.52 Å². The molecule has 0 bridgehead atoms. The average molecular weight is 234 g/mol. The predicted octanol–water partition coefficient (Wildman–Crippen LogP) is 1.82. The number of aryl methyl sites for hydroxylation is 1. The summed E-state index contributed by atoms with van der Waals surface area (Å²) in [6, 6.07) is 1.86. The van der Waals surface area contributed by atoms with E-state index in [9.17, 15) is 0 Å². The zero-order valence-corrected chi connectivity index (χ0v) is 10.5. The molecule has 0 amide bonds. The van der Waals surface area contributed by atoms with Crippen LogP contribution in [0.5, 0.6) is 0 Å². The molecule has 0 spiro atoms. The predicted molar refractivity (Wildman–Crippen MR) is 64.3 cm³/mol. The average Bonchev–Trinajstić information content (AvgIpc) is 2.88. The SMILES string of the molecule is CC(C)c1nn(C)cc1CNCc1ccon1. The molecule has 0 radical (unpaired) electrons. The highest BCUT2D eigenvalue weighted by atomic mass is 16.5. The maximum Gasteiger partial charge on any atom is 0.124 e. The number of nitrogens with one attached hydrogen (secondary N) is 1. The van der Waals surface area contributed by atoms with Crippen molar-refractivity contribution >= 4 is 0 Å². The highest BCUT2D eigenvalue weighted by molar-refractivity contribution is 5.20. The second kappa shape index (κ2) is 5.14. The Morgan fingerprint density at radius 1 is 1.41 bits per heavy atom. The normalized spacial score (nSPS) is 11.3. The molecule has 2 aromatic heterocycles. The number of hydrogen-bond acceptors (Lipinski definition) is 4. The fourth-order valence-corrected chi connectivity index (χ4v) is 1.83. The van der Waals surface area contributed by atoms with Gasteiger partial charge in [0.05, 0.1) is 11.4 Å². The van der Waals surface area contributed by atoms with Crippen LogP contribution in [-0.4, -0.2) is 14.9 Å². The Morgan fingerprint density at radius 3 is 2.88 bits per heavy atom. The lowest BCUT2D eigenvalue weighted by Gasteiger charge is -2.05. The minimum atomic E-state index is 0.444. The van der Waals surface area contributed by atoms with Gasteiger partial charge in [-0.25, -0.2) is 0 Å². The monoisotopic (exact) mass is 234 g/mol. The van der Waals surface area contributed by atoms with E-state index >= 15 is 0 Å². The van der Waals surface area contributed by atoms with Crippen LogP contribution in [0.2, 0.25) is 0 Å². The van der Waals surface area contributed by atoms with Gasteiger partial charge < -0.3 is 9.84 Å². The van der Waals surface area contributed by atoms with Crippen molar-refractivity contribution in [3.8, 4) is 0 Å². The summed E-state index contributed by atoms with van der Waals surface area (Å²) in [6.07, 6.45) is 3.64. The van der Waals surface area contributed by atoms with Crippen molar-refractivity contribution in [3.63, 3.8) is 0 Å². The maximum atomic E-state index is 4.78. The Balaban J connectivity index is 1.94. The second-order valence-electron chi connectivity index (χ2n) is 4.46. The first-order valence-corrected chi connectivity index (χ1v) is 5.79. The van der Waals surface area contributed by atoms with Gasteiger partial charge in [0.25, 0.3) is 0 Å². The van der Waals surface area contributed by atoms with E-state index in [1.807, 2.05) is 17.8 Å². The third kappa shape index (κ3) is 2.94. The molecule has 0 unspecified atom stereocenters. The van der Waals surface area contributed by atoms with Crippen LogP contribution in [0, 0.1) is 0 Å². The van der Waals surface area contributed by atoms with Gasteiger partial charge in [0, 0.05) is 38.0 Å². The summed E-state index contributed by atoms with van der Waals surface area (Å²) in [5, 5.41) is 11.7. The van der Waals surface area contributed by atoms with Gasteiger partial charge in [-0.1, -0.05) is 19.0 Å². The van der Waals surface area contributed by atoms with Crippen LogP contribution in [0.4, 0.5) is 0 Å². The Bertz CT molecular complexity index is 459. The van der Waals surface area contributed by atoms with E-state index in [-0.39, 0.29) is 0 Å². The fourth-order valence-electron chi connectivity index (χ4n) is 1.83. The van der Waals surface area contributed by atoms with Crippen LogP contribution in [0.1, 0.15) is 36.7 Å². The van der Waals surface area contributed by atoms with Gasteiger partial charge in [0.1, 0.15) is 6.26 Å². The summed E-state index contributed by atoms with van der Waals surface area (Å²) in [4.78, 5) is 0. The quantitative estimate of drug-likeness (QED) is 0.857. The lowest BCUT2D eigenvalue weighted by molar-refractivity contribution is 0.408. The molecular formula is C12H18N4O. The molecule has 0 aromatic carbocycles. The molecule has 0 saturated heterocycles. The number of nitrogens with zero attached hydrogens (tertiary/aromatic N) is 3. The molecule has 0 aliphatic carbocycles. The molecule has 0 atom stereocenters. The first-order chi connectivity index (χ1) is 8.16. The molecule has 2 aromatic rings. The molecule has 0 saturated carbocycles. The first kappa shape index (κ1) is 11.9. The van der Waals surface area contributed by atoms with Crippen LogP contribution in [0.3, 0.4) is 0 Å². The summed E-state index contributed by atoms with van der Waals surface area (Å²) < 4.78 is 6.64. The molecule has 0 aliphatic heterocycles. The fraction of sp³-hybridized carbons (Fsp3) is 0.500. The molecule has 2 rings (SSSR count). The molecule has 17 heavy (non-hydrogen) atoms. The maximum absolute atomic E-state index is 4.78. The standard InChI is InChI=1S/C12H18N4O/c1-9(2)12-10(8-16(3)14-12)6-13-7-11-4-5-17-15-11/h4-5,8-9,13H,6-7H2,1-3H3. The van der Waals surface area contributed by atoms with Gasteiger partial charge in [-0.05, 0) is 5.92 Å². The van der Waals surface area contributed by atoms with E-state index in [2.05, 4.69) is 35.6 Å². The highest BCUT2D eigenvalue weighted by Gasteiger charge is 2.10. The van der Waals surface area contributed by atoms with Crippen LogP contribution in [-0.2, 0) is 20.1 Å². The van der Waals surface area contributed by atoms with Gasteiger partial charge in [-0.15, -0.1) is 0 Å². The smallest absolute Gasteiger partial charge is 0.124 e. The third-order valence-corrected chi connectivity index (χ3v) is 2.60. The van der Waals surface area contributed by atoms with Gasteiger partial charge in [-0.3, -0.25) is 4.68 Å². The Hall–Kier alpha value is -1.62. The summed E-state index contributed by atoms with van der Waals surface area (Å²) in [5.74, 6) is 0.444. The molecule has 2 heterocycles. The van der Waals surface area contributed by atoms with Crippen molar-refractivity contribution in [2.24, 2.45) is 7.05 Å². The Kier molecular flexibility index (Phi) is 3.58. The van der Waals surface area contributed by atoms with Crippen molar-refractivity contribution in [1.82, 2.24) is 20.3 Å². The zero-order chi connectivity index (χ0) is 12.3. The minimum Gasteiger partial charge on any atom is -0.364 e. The van der Waals surface area contributed by atoms with Crippen LogP contribution in [0.25, 0.3) is 0 Å². The molecular weight excluding hydrogens is 216 g/mol. The Labute approximate surface area is 101 Å². The highest BCUT2D eigenvalue weighted by Crippen LogP contribution is 2.16. The Morgan fingerprint density at radius 2 is 2.24 bits per heavy atom.